The number of amides is 1. The normalized spacial score (nSPS) is 11.0. The molecule has 0 radical (unpaired) electrons. The van der Waals surface area contributed by atoms with E-state index in [-0.39, 0.29) is 6.42 Å². The Morgan fingerprint density at radius 2 is 1.86 bits per heavy atom. The van der Waals surface area contributed by atoms with Gasteiger partial charge in [-0.25, -0.2) is 4.79 Å². The van der Waals surface area contributed by atoms with Crippen LogP contribution in [0.2, 0.25) is 0 Å². The minimum Gasteiger partial charge on any atom is -0.481 e. The van der Waals surface area contributed by atoms with Crippen LogP contribution >= 0.6 is 0 Å². The zero-order chi connectivity index (χ0) is 15.9. The second kappa shape index (κ2) is 7.67. The van der Waals surface area contributed by atoms with Gasteiger partial charge in [-0.15, -0.1) is 0 Å². The molecule has 0 saturated heterocycles. The average Bonchev–Trinajstić information content (AvgIpc) is 2.33. The molecule has 0 aliphatic rings. The highest BCUT2D eigenvalue weighted by molar-refractivity contribution is 5.85. The van der Waals surface area contributed by atoms with Gasteiger partial charge in [-0.05, 0) is 51.7 Å². The third-order valence-corrected chi connectivity index (χ3v) is 2.74. The monoisotopic (exact) mass is 293 g/mol. The molecule has 0 aromatic heterocycles. The van der Waals surface area contributed by atoms with Crippen LogP contribution in [0.15, 0.2) is 24.3 Å². The van der Waals surface area contributed by atoms with Crippen molar-refractivity contribution in [1.29, 1.82) is 0 Å². The number of nitrogens with one attached hydrogen (secondary N) is 1. The van der Waals surface area contributed by atoms with Crippen molar-refractivity contribution in [3.05, 3.63) is 29.8 Å². The van der Waals surface area contributed by atoms with Gasteiger partial charge < -0.3 is 9.84 Å². The van der Waals surface area contributed by atoms with Crippen molar-refractivity contribution in [3.8, 4) is 0 Å². The second-order valence-corrected chi connectivity index (χ2v) is 5.88. The zero-order valence-electron chi connectivity index (χ0n) is 12.8. The van der Waals surface area contributed by atoms with Crippen molar-refractivity contribution in [2.24, 2.45) is 0 Å². The number of ether oxygens (including phenoxy) is 1. The first-order valence-corrected chi connectivity index (χ1v) is 7.07. The summed E-state index contributed by atoms with van der Waals surface area (Å²) in [7, 11) is 0. The molecule has 1 aromatic rings. The van der Waals surface area contributed by atoms with E-state index in [4.69, 9.17) is 9.84 Å². The topological polar surface area (TPSA) is 75.6 Å². The van der Waals surface area contributed by atoms with Crippen molar-refractivity contribution >= 4 is 17.7 Å². The summed E-state index contributed by atoms with van der Waals surface area (Å²) in [5.74, 6) is -0.782. The maximum atomic E-state index is 11.8. The Bertz CT molecular complexity index is 491. The molecule has 5 nitrogen and oxygen atoms in total. The van der Waals surface area contributed by atoms with Gasteiger partial charge in [-0.1, -0.05) is 18.2 Å². The minimum atomic E-state index is -0.782. The fourth-order valence-corrected chi connectivity index (χ4v) is 1.87. The van der Waals surface area contributed by atoms with Gasteiger partial charge in [-0.3, -0.25) is 10.1 Å². The molecule has 0 spiro atoms. The summed E-state index contributed by atoms with van der Waals surface area (Å²) in [6.45, 7) is 5.43. The summed E-state index contributed by atoms with van der Waals surface area (Å²) in [4.78, 5) is 22.3. The molecule has 0 fully saturated rings. The lowest BCUT2D eigenvalue weighted by molar-refractivity contribution is -0.137. The van der Waals surface area contributed by atoms with Crippen molar-refractivity contribution in [2.75, 3.05) is 5.32 Å². The summed E-state index contributed by atoms with van der Waals surface area (Å²) in [6, 6.07) is 7.48. The fraction of sp³-hybridized carbons (Fsp3) is 0.500. The maximum Gasteiger partial charge on any atom is 0.412 e. The molecule has 0 unspecified atom stereocenters. The van der Waals surface area contributed by atoms with Gasteiger partial charge in [0.15, 0.2) is 0 Å². The Balaban J connectivity index is 2.58. The number of carbonyl (C=O) groups is 2. The van der Waals surface area contributed by atoms with Crippen LogP contribution in [0, 0.1) is 0 Å². The molecule has 1 amide bonds. The van der Waals surface area contributed by atoms with Gasteiger partial charge in [0.1, 0.15) is 5.60 Å². The number of carbonyl (C=O) groups excluding carboxylic acids is 1. The molecule has 1 rings (SSSR count). The number of benzene rings is 1. The van der Waals surface area contributed by atoms with E-state index in [1.807, 2.05) is 45.0 Å². The number of carboxylic acids is 1. The van der Waals surface area contributed by atoms with Crippen molar-refractivity contribution < 1.29 is 19.4 Å². The molecular formula is C16H23NO4. The van der Waals surface area contributed by atoms with Crippen molar-refractivity contribution in [2.45, 2.75) is 52.1 Å². The molecule has 0 heterocycles. The first-order valence-electron chi connectivity index (χ1n) is 7.07. The number of hydrogen-bond donors (Lipinski definition) is 2. The van der Waals surface area contributed by atoms with Gasteiger partial charge in [-0.2, -0.15) is 0 Å². The molecule has 0 aliphatic heterocycles. The molecule has 0 saturated carbocycles. The lowest BCUT2D eigenvalue weighted by Crippen LogP contribution is -2.27. The van der Waals surface area contributed by atoms with Crippen LogP contribution in [-0.2, 0) is 16.0 Å². The van der Waals surface area contributed by atoms with E-state index in [2.05, 4.69) is 5.32 Å². The van der Waals surface area contributed by atoms with E-state index < -0.39 is 17.7 Å². The molecule has 116 valence electrons. The number of para-hydroxylation sites is 1. The number of aryl methyl sites for hydroxylation is 1. The lowest BCUT2D eigenvalue weighted by Gasteiger charge is -2.20. The Kier molecular flexibility index (Phi) is 6.21. The summed E-state index contributed by atoms with van der Waals surface area (Å²) in [6.07, 6.45) is 1.79. The van der Waals surface area contributed by atoms with Crippen LogP contribution in [0.4, 0.5) is 10.5 Å². The summed E-state index contributed by atoms with van der Waals surface area (Å²) in [5.41, 5.74) is 1.15. The van der Waals surface area contributed by atoms with Crippen LogP contribution in [0.5, 0.6) is 0 Å². The smallest absolute Gasteiger partial charge is 0.412 e. The highest BCUT2D eigenvalue weighted by Gasteiger charge is 2.16. The predicted molar refractivity (Wildman–Crippen MR) is 81.5 cm³/mol. The molecule has 21 heavy (non-hydrogen) atoms. The fourth-order valence-electron chi connectivity index (χ4n) is 1.87. The SMILES string of the molecule is CC(C)(C)OC(=O)Nc1ccccc1CCCCC(=O)O. The van der Waals surface area contributed by atoms with Gasteiger partial charge in [0, 0.05) is 12.1 Å². The molecule has 5 heteroatoms. The van der Waals surface area contributed by atoms with Gasteiger partial charge in [0.2, 0.25) is 0 Å². The van der Waals surface area contributed by atoms with E-state index in [1.165, 1.54) is 0 Å². The Labute approximate surface area is 125 Å². The quantitative estimate of drug-likeness (QED) is 0.781. The van der Waals surface area contributed by atoms with Gasteiger partial charge in [0.25, 0.3) is 0 Å². The molecule has 0 bridgehead atoms. The van der Waals surface area contributed by atoms with E-state index in [0.717, 1.165) is 18.4 Å². The summed E-state index contributed by atoms with van der Waals surface area (Å²) >= 11 is 0. The van der Waals surface area contributed by atoms with Gasteiger partial charge in [0.05, 0.1) is 0 Å². The van der Waals surface area contributed by atoms with E-state index in [1.54, 1.807) is 0 Å². The highest BCUT2D eigenvalue weighted by atomic mass is 16.6. The Morgan fingerprint density at radius 3 is 2.48 bits per heavy atom. The number of hydrogen-bond acceptors (Lipinski definition) is 3. The van der Waals surface area contributed by atoms with E-state index >= 15 is 0 Å². The largest absolute Gasteiger partial charge is 0.481 e. The summed E-state index contributed by atoms with van der Waals surface area (Å²) < 4.78 is 5.23. The molecule has 2 N–H and O–H groups in total. The standard InChI is InChI=1S/C16H23NO4/c1-16(2,3)21-15(20)17-13-10-6-4-8-12(13)9-5-7-11-14(18)19/h4,6,8,10H,5,7,9,11H2,1-3H3,(H,17,20)(H,18,19). The van der Waals surface area contributed by atoms with Crippen LogP contribution in [0.1, 0.15) is 45.6 Å². The molecule has 0 aliphatic carbocycles. The van der Waals surface area contributed by atoms with Crippen LogP contribution in [0.3, 0.4) is 0 Å². The minimum absolute atomic E-state index is 0.168. The van der Waals surface area contributed by atoms with Crippen LogP contribution in [-0.4, -0.2) is 22.8 Å². The Hall–Kier alpha value is -2.04. The first-order chi connectivity index (χ1) is 9.78. The number of unbranched alkanes of at least 4 members (excludes halogenated alkanes) is 1. The number of anilines is 1. The van der Waals surface area contributed by atoms with Crippen molar-refractivity contribution in [1.82, 2.24) is 0 Å². The third kappa shape index (κ3) is 7.34. The summed E-state index contributed by atoms with van der Waals surface area (Å²) in [5, 5.41) is 11.4. The van der Waals surface area contributed by atoms with Crippen LogP contribution < -0.4 is 5.32 Å². The maximum absolute atomic E-state index is 11.8. The van der Waals surface area contributed by atoms with Gasteiger partial charge >= 0.3 is 12.1 Å². The van der Waals surface area contributed by atoms with Crippen molar-refractivity contribution in [3.63, 3.8) is 0 Å². The first kappa shape index (κ1) is 17.0. The molecule has 0 atom stereocenters. The van der Waals surface area contributed by atoms with E-state index in [0.29, 0.717) is 12.1 Å². The average molecular weight is 293 g/mol. The van der Waals surface area contributed by atoms with E-state index in [9.17, 15) is 9.59 Å². The number of carboxylic acid groups (broad SMARTS) is 1. The van der Waals surface area contributed by atoms with Crippen LogP contribution in [0.25, 0.3) is 0 Å². The number of aliphatic carboxylic acids is 1. The second-order valence-electron chi connectivity index (χ2n) is 5.88. The zero-order valence-corrected chi connectivity index (χ0v) is 12.8. The number of rotatable bonds is 6. The highest BCUT2D eigenvalue weighted by Crippen LogP contribution is 2.19. The third-order valence-electron chi connectivity index (χ3n) is 2.74. The molecule has 1 aromatic carbocycles. The molecular weight excluding hydrogens is 270 g/mol. The Morgan fingerprint density at radius 1 is 1.19 bits per heavy atom. The predicted octanol–water partition coefficient (Wildman–Crippen LogP) is 3.83. The lowest BCUT2D eigenvalue weighted by atomic mass is 10.1.